The van der Waals surface area contributed by atoms with Crippen LogP contribution in [0.25, 0.3) is 0 Å². The van der Waals surface area contributed by atoms with Crippen molar-refractivity contribution in [1.29, 1.82) is 0 Å². The molecule has 0 spiro atoms. The lowest BCUT2D eigenvalue weighted by Gasteiger charge is -2.15. The van der Waals surface area contributed by atoms with Gasteiger partial charge in [-0.2, -0.15) is 0 Å². The number of carbonyl (C=O) groups is 2. The number of esters is 2. The topological polar surface area (TPSA) is 78.6 Å². The minimum Gasteiger partial charge on any atom is -0.462 e. The third-order valence-corrected chi connectivity index (χ3v) is 1.90. The van der Waals surface area contributed by atoms with E-state index in [4.69, 9.17) is 15.2 Å². The third kappa shape index (κ3) is 7.23. The summed E-state index contributed by atoms with van der Waals surface area (Å²) < 4.78 is 9.95. The first kappa shape index (κ1) is 14.9. The molecule has 0 radical (unpaired) electrons. The first-order valence-corrected chi connectivity index (χ1v) is 5.69. The lowest BCUT2D eigenvalue weighted by molar-refractivity contribution is -0.158. The highest BCUT2D eigenvalue weighted by molar-refractivity contribution is 5.70. The molecule has 94 valence electrons. The van der Waals surface area contributed by atoms with Crippen molar-refractivity contribution >= 4 is 11.9 Å². The zero-order valence-electron chi connectivity index (χ0n) is 10.0. The first-order valence-electron chi connectivity index (χ1n) is 5.69. The number of nitrogens with two attached hydrogens (primary N) is 1. The normalized spacial score (nSPS) is 11.9. The van der Waals surface area contributed by atoms with Crippen LogP contribution in [-0.2, 0) is 19.1 Å². The molecule has 0 saturated carbocycles. The van der Waals surface area contributed by atoms with Gasteiger partial charge in [-0.05, 0) is 12.8 Å². The van der Waals surface area contributed by atoms with Gasteiger partial charge in [0.1, 0.15) is 12.7 Å². The van der Waals surface area contributed by atoms with Gasteiger partial charge in [0.2, 0.25) is 0 Å². The van der Waals surface area contributed by atoms with E-state index < -0.39 is 6.10 Å². The second-order valence-electron chi connectivity index (χ2n) is 3.53. The molecule has 0 saturated heterocycles. The molecular weight excluding hydrogens is 210 g/mol. The van der Waals surface area contributed by atoms with Gasteiger partial charge in [-0.15, -0.1) is 0 Å². The second-order valence-corrected chi connectivity index (χ2v) is 3.53. The fourth-order valence-corrected chi connectivity index (χ4v) is 1.06. The van der Waals surface area contributed by atoms with Gasteiger partial charge < -0.3 is 15.2 Å². The molecular formula is C11H21NO4. The standard InChI is InChI=1S/C11H21NO4/c1-3-5-10(13)15-8-9(7-12)16-11(14)6-4-2/h9H,3-8,12H2,1-2H3/t9-/m0/s1. The predicted molar refractivity (Wildman–Crippen MR) is 59.7 cm³/mol. The fraction of sp³-hybridized carbons (Fsp3) is 0.818. The maximum absolute atomic E-state index is 11.2. The van der Waals surface area contributed by atoms with Crippen LogP contribution in [-0.4, -0.2) is 31.2 Å². The smallest absolute Gasteiger partial charge is 0.306 e. The van der Waals surface area contributed by atoms with Crippen molar-refractivity contribution in [3.8, 4) is 0 Å². The van der Waals surface area contributed by atoms with Crippen LogP contribution in [0.2, 0.25) is 0 Å². The summed E-state index contributed by atoms with van der Waals surface area (Å²) in [6, 6.07) is 0. The largest absolute Gasteiger partial charge is 0.462 e. The quantitative estimate of drug-likeness (QED) is 0.630. The summed E-state index contributed by atoms with van der Waals surface area (Å²) in [5, 5.41) is 0. The van der Waals surface area contributed by atoms with E-state index in [1.165, 1.54) is 0 Å². The lowest BCUT2D eigenvalue weighted by Crippen LogP contribution is -2.32. The number of carbonyl (C=O) groups excluding carboxylic acids is 2. The highest BCUT2D eigenvalue weighted by atomic mass is 16.6. The number of hydrogen-bond acceptors (Lipinski definition) is 5. The lowest BCUT2D eigenvalue weighted by atomic mass is 10.3. The Kier molecular flexibility index (Phi) is 8.52. The van der Waals surface area contributed by atoms with E-state index in [1.807, 2.05) is 13.8 Å². The molecule has 2 N–H and O–H groups in total. The minimum absolute atomic E-state index is 0.0464. The molecule has 0 aromatic carbocycles. The summed E-state index contributed by atoms with van der Waals surface area (Å²) in [6.07, 6.45) is 1.67. The Morgan fingerprint density at radius 3 is 2.19 bits per heavy atom. The van der Waals surface area contributed by atoms with Crippen molar-refractivity contribution in [2.24, 2.45) is 5.73 Å². The summed E-state index contributed by atoms with van der Waals surface area (Å²) in [7, 11) is 0. The van der Waals surface area contributed by atoms with Crippen LogP contribution in [0.3, 0.4) is 0 Å². The molecule has 16 heavy (non-hydrogen) atoms. The molecule has 5 heteroatoms. The fourth-order valence-electron chi connectivity index (χ4n) is 1.06. The van der Waals surface area contributed by atoms with Gasteiger partial charge in [0.25, 0.3) is 0 Å². The van der Waals surface area contributed by atoms with E-state index in [1.54, 1.807) is 0 Å². The minimum atomic E-state index is -0.528. The van der Waals surface area contributed by atoms with E-state index in [0.717, 1.165) is 12.8 Å². The van der Waals surface area contributed by atoms with Crippen LogP contribution in [0.1, 0.15) is 39.5 Å². The van der Waals surface area contributed by atoms with Crippen molar-refractivity contribution in [2.75, 3.05) is 13.2 Å². The van der Waals surface area contributed by atoms with Crippen molar-refractivity contribution in [3.05, 3.63) is 0 Å². The van der Waals surface area contributed by atoms with Crippen molar-refractivity contribution in [1.82, 2.24) is 0 Å². The van der Waals surface area contributed by atoms with Crippen LogP contribution in [0.5, 0.6) is 0 Å². The first-order chi connectivity index (χ1) is 7.63. The maximum Gasteiger partial charge on any atom is 0.306 e. The van der Waals surface area contributed by atoms with Gasteiger partial charge in [0.05, 0.1) is 0 Å². The highest BCUT2D eigenvalue weighted by Crippen LogP contribution is 1.99. The van der Waals surface area contributed by atoms with Gasteiger partial charge in [0.15, 0.2) is 0 Å². The van der Waals surface area contributed by atoms with Gasteiger partial charge in [-0.1, -0.05) is 13.8 Å². The average molecular weight is 231 g/mol. The molecule has 0 aromatic heterocycles. The van der Waals surface area contributed by atoms with E-state index in [-0.39, 0.29) is 25.1 Å². The zero-order valence-corrected chi connectivity index (χ0v) is 10.0. The van der Waals surface area contributed by atoms with E-state index in [0.29, 0.717) is 12.8 Å². The van der Waals surface area contributed by atoms with Crippen molar-refractivity contribution in [3.63, 3.8) is 0 Å². The third-order valence-electron chi connectivity index (χ3n) is 1.90. The summed E-state index contributed by atoms with van der Waals surface area (Å²) in [5.74, 6) is -0.586. The Morgan fingerprint density at radius 1 is 1.12 bits per heavy atom. The predicted octanol–water partition coefficient (Wildman–Crippen LogP) is 1.00. The maximum atomic E-state index is 11.2. The molecule has 0 aliphatic rings. The van der Waals surface area contributed by atoms with E-state index in [2.05, 4.69) is 0 Å². The Bertz CT molecular complexity index is 218. The molecule has 0 rings (SSSR count). The van der Waals surface area contributed by atoms with Crippen LogP contribution in [0.4, 0.5) is 0 Å². The van der Waals surface area contributed by atoms with Crippen LogP contribution in [0.15, 0.2) is 0 Å². The molecule has 0 aromatic rings. The molecule has 5 nitrogen and oxygen atoms in total. The average Bonchev–Trinajstić information content (AvgIpc) is 2.25. The molecule has 0 bridgehead atoms. The highest BCUT2D eigenvalue weighted by Gasteiger charge is 2.14. The summed E-state index contributed by atoms with van der Waals surface area (Å²) in [5.41, 5.74) is 5.41. The second kappa shape index (κ2) is 9.15. The molecule has 0 aliphatic heterocycles. The summed E-state index contributed by atoms with van der Waals surface area (Å²) in [4.78, 5) is 22.2. The van der Waals surface area contributed by atoms with E-state index in [9.17, 15) is 9.59 Å². The van der Waals surface area contributed by atoms with Gasteiger partial charge in [-0.25, -0.2) is 0 Å². The number of ether oxygens (including phenoxy) is 2. The zero-order chi connectivity index (χ0) is 12.4. The Balaban J connectivity index is 3.82. The number of rotatable bonds is 8. The van der Waals surface area contributed by atoms with Crippen molar-refractivity contribution in [2.45, 2.75) is 45.6 Å². The van der Waals surface area contributed by atoms with E-state index >= 15 is 0 Å². The Hall–Kier alpha value is -1.10. The van der Waals surface area contributed by atoms with Crippen LogP contribution < -0.4 is 5.73 Å². The molecule has 0 heterocycles. The van der Waals surface area contributed by atoms with Crippen molar-refractivity contribution < 1.29 is 19.1 Å². The number of hydrogen-bond donors (Lipinski definition) is 1. The summed E-state index contributed by atoms with van der Waals surface area (Å²) in [6.45, 7) is 3.99. The molecule has 1 atom stereocenters. The SMILES string of the molecule is CCCC(=O)OC[C@H](CN)OC(=O)CCC. The Labute approximate surface area is 96.3 Å². The molecule has 0 unspecified atom stereocenters. The molecule has 0 fully saturated rings. The Morgan fingerprint density at radius 2 is 1.69 bits per heavy atom. The van der Waals surface area contributed by atoms with Gasteiger partial charge >= 0.3 is 11.9 Å². The summed E-state index contributed by atoms with van der Waals surface area (Å²) >= 11 is 0. The monoisotopic (exact) mass is 231 g/mol. The van der Waals surface area contributed by atoms with Gasteiger partial charge in [-0.3, -0.25) is 9.59 Å². The molecule has 0 amide bonds. The van der Waals surface area contributed by atoms with Crippen LogP contribution >= 0.6 is 0 Å². The van der Waals surface area contributed by atoms with Crippen LogP contribution in [0, 0.1) is 0 Å². The van der Waals surface area contributed by atoms with Gasteiger partial charge in [0, 0.05) is 19.4 Å². The molecule has 0 aliphatic carbocycles.